The number of phenols is 1. The summed E-state index contributed by atoms with van der Waals surface area (Å²) in [5.74, 6) is 0.531. The highest BCUT2D eigenvalue weighted by Crippen LogP contribution is 2.24. The lowest BCUT2D eigenvalue weighted by atomic mass is 9.82. The van der Waals surface area contributed by atoms with E-state index in [9.17, 15) is 9.90 Å². The normalized spacial score (nSPS) is 13.2. The molecule has 0 spiro atoms. The number of nitrogens with one attached hydrogen (secondary N) is 1. The minimum Gasteiger partial charge on any atom is -0.508 e. The number of benzene rings is 1. The number of rotatable bonds is 3. The number of amides is 1. The lowest BCUT2D eigenvalue weighted by molar-refractivity contribution is 0.0937. The van der Waals surface area contributed by atoms with Crippen LogP contribution in [0.2, 0.25) is 0 Å². The molecule has 0 aromatic heterocycles. The first-order chi connectivity index (χ1) is 8.21. The van der Waals surface area contributed by atoms with E-state index in [1.165, 1.54) is 0 Å². The standard InChI is InChI=1S/C15H23NO2/c1-10-8-12(6-7-13(10)17)14(18)16-9-11(2)15(3,4)5/h6-8,11,17H,9H2,1-5H3,(H,16,18). The van der Waals surface area contributed by atoms with Crippen molar-refractivity contribution < 1.29 is 9.90 Å². The summed E-state index contributed by atoms with van der Waals surface area (Å²) in [6.07, 6.45) is 0. The van der Waals surface area contributed by atoms with E-state index in [-0.39, 0.29) is 17.1 Å². The van der Waals surface area contributed by atoms with Crippen LogP contribution in [0.1, 0.15) is 43.6 Å². The molecule has 0 saturated carbocycles. The molecular weight excluding hydrogens is 226 g/mol. The van der Waals surface area contributed by atoms with Crippen LogP contribution in [0.25, 0.3) is 0 Å². The summed E-state index contributed by atoms with van der Waals surface area (Å²) in [6.45, 7) is 11.0. The van der Waals surface area contributed by atoms with Crippen molar-refractivity contribution in [2.24, 2.45) is 11.3 Å². The smallest absolute Gasteiger partial charge is 0.251 e. The number of aryl methyl sites for hydroxylation is 1. The van der Waals surface area contributed by atoms with E-state index in [0.29, 0.717) is 23.6 Å². The largest absolute Gasteiger partial charge is 0.508 e. The fourth-order valence-electron chi connectivity index (χ4n) is 1.45. The first-order valence-corrected chi connectivity index (χ1v) is 6.29. The van der Waals surface area contributed by atoms with Crippen molar-refractivity contribution in [1.29, 1.82) is 0 Å². The lowest BCUT2D eigenvalue weighted by Crippen LogP contribution is -2.33. The molecule has 1 rings (SSSR count). The molecular formula is C15H23NO2. The molecule has 1 aromatic rings. The Labute approximate surface area is 109 Å². The molecule has 1 amide bonds. The minimum absolute atomic E-state index is 0.0887. The van der Waals surface area contributed by atoms with Gasteiger partial charge in [-0.1, -0.05) is 27.7 Å². The Balaban J connectivity index is 2.63. The predicted molar refractivity (Wildman–Crippen MR) is 73.8 cm³/mol. The highest BCUT2D eigenvalue weighted by atomic mass is 16.3. The summed E-state index contributed by atoms with van der Waals surface area (Å²) in [5.41, 5.74) is 1.48. The molecule has 0 aliphatic heterocycles. The summed E-state index contributed by atoms with van der Waals surface area (Å²) >= 11 is 0. The Kier molecular flexibility index (Phi) is 4.38. The Morgan fingerprint density at radius 3 is 2.50 bits per heavy atom. The summed E-state index contributed by atoms with van der Waals surface area (Å²) in [4.78, 5) is 11.9. The molecule has 3 nitrogen and oxygen atoms in total. The number of hydrogen-bond acceptors (Lipinski definition) is 2. The van der Waals surface area contributed by atoms with Gasteiger partial charge in [0.05, 0.1) is 0 Å². The Morgan fingerprint density at radius 2 is 2.00 bits per heavy atom. The monoisotopic (exact) mass is 249 g/mol. The maximum atomic E-state index is 11.9. The highest BCUT2D eigenvalue weighted by Gasteiger charge is 2.20. The SMILES string of the molecule is Cc1cc(C(=O)NCC(C)C(C)(C)C)ccc1O. The van der Waals surface area contributed by atoms with Crippen LogP contribution in [0.5, 0.6) is 5.75 Å². The zero-order valence-corrected chi connectivity index (χ0v) is 11.9. The molecule has 0 aliphatic carbocycles. The van der Waals surface area contributed by atoms with Gasteiger partial charge in [-0.05, 0) is 42.0 Å². The number of aromatic hydroxyl groups is 1. The molecule has 0 bridgehead atoms. The van der Waals surface area contributed by atoms with E-state index in [1.54, 1.807) is 25.1 Å². The maximum Gasteiger partial charge on any atom is 0.251 e. The summed E-state index contributed by atoms with van der Waals surface area (Å²) in [7, 11) is 0. The second-order valence-corrected chi connectivity index (χ2v) is 5.98. The van der Waals surface area contributed by atoms with Crippen molar-refractivity contribution in [3.8, 4) is 5.75 Å². The maximum absolute atomic E-state index is 11.9. The molecule has 1 unspecified atom stereocenters. The highest BCUT2D eigenvalue weighted by molar-refractivity contribution is 5.94. The molecule has 100 valence electrons. The van der Waals surface area contributed by atoms with Crippen molar-refractivity contribution in [1.82, 2.24) is 5.32 Å². The fraction of sp³-hybridized carbons (Fsp3) is 0.533. The van der Waals surface area contributed by atoms with Gasteiger partial charge in [0.15, 0.2) is 0 Å². The fourth-order valence-corrected chi connectivity index (χ4v) is 1.45. The summed E-state index contributed by atoms with van der Waals surface area (Å²) in [5, 5.41) is 12.3. The predicted octanol–water partition coefficient (Wildman–Crippen LogP) is 3.11. The van der Waals surface area contributed by atoms with Gasteiger partial charge in [-0.25, -0.2) is 0 Å². The van der Waals surface area contributed by atoms with Gasteiger partial charge in [0, 0.05) is 12.1 Å². The van der Waals surface area contributed by atoms with Gasteiger partial charge in [-0.2, -0.15) is 0 Å². The van der Waals surface area contributed by atoms with Crippen LogP contribution in [-0.2, 0) is 0 Å². The Morgan fingerprint density at radius 1 is 1.39 bits per heavy atom. The van der Waals surface area contributed by atoms with Gasteiger partial charge in [0.2, 0.25) is 0 Å². The van der Waals surface area contributed by atoms with Gasteiger partial charge in [-0.15, -0.1) is 0 Å². The topological polar surface area (TPSA) is 49.3 Å². The second-order valence-electron chi connectivity index (χ2n) is 5.98. The van der Waals surface area contributed by atoms with Crippen LogP contribution < -0.4 is 5.32 Å². The Hall–Kier alpha value is -1.51. The number of carbonyl (C=O) groups is 1. The van der Waals surface area contributed by atoms with Crippen molar-refractivity contribution in [2.45, 2.75) is 34.6 Å². The number of phenolic OH excluding ortho intramolecular Hbond substituents is 1. The quantitative estimate of drug-likeness (QED) is 0.864. The van der Waals surface area contributed by atoms with Crippen molar-refractivity contribution in [3.63, 3.8) is 0 Å². The third-order valence-corrected chi connectivity index (χ3v) is 3.51. The molecule has 1 atom stereocenters. The van der Waals surface area contributed by atoms with Crippen LogP contribution >= 0.6 is 0 Å². The second kappa shape index (κ2) is 5.42. The molecule has 0 aliphatic rings. The molecule has 3 heteroatoms. The first kappa shape index (κ1) is 14.6. The van der Waals surface area contributed by atoms with Crippen LogP contribution in [-0.4, -0.2) is 17.6 Å². The van der Waals surface area contributed by atoms with Crippen LogP contribution in [0.4, 0.5) is 0 Å². The first-order valence-electron chi connectivity index (χ1n) is 6.29. The Bertz CT molecular complexity index is 433. The van der Waals surface area contributed by atoms with Crippen molar-refractivity contribution in [2.75, 3.05) is 6.54 Å². The third kappa shape index (κ3) is 3.76. The van der Waals surface area contributed by atoms with E-state index in [2.05, 4.69) is 33.0 Å². The molecule has 1 aromatic carbocycles. The summed E-state index contributed by atoms with van der Waals surface area (Å²) in [6, 6.07) is 4.89. The molecule has 2 N–H and O–H groups in total. The average Bonchev–Trinajstić information content (AvgIpc) is 2.27. The van der Waals surface area contributed by atoms with Gasteiger partial charge in [0.1, 0.15) is 5.75 Å². The van der Waals surface area contributed by atoms with E-state index in [0.717, 1.165) is 0 Å². The van der Waals surface area contributed by atoms with Gasteiger partial charge < -0.3 is 10.4 Å². The lowest BCUT2D eigenvalue weighted by Gasteiger charge is -2.27. The molecule has 0 saturated heterocycles. The zero-order valence-electron chi connectivity index (χ0n) is 11.9. The average molecular weight is 249 g/mol. The number of carbonyl (C=O) groups excluding carboxylic acids is 1. The van der Waals surface area contributed by atoms with E-state index in [1.807, 2.05) is 0 Å². The van der Waals surface area contributed by atoms with E-state index in [4.69, 9.17) is 0 Å². The van der Waals surface area contributed by atoms with Gasteiger partial charge >= 0.3 is 0 Å². The number of hydrogen-bond donors (Lipinski definition) is 2. The molecule has 0 heterocycles. The van der Waals surface area contributed by atoms with Crippen LogP contribution in [0.3, 0.4) is 0 Å². The van der Waals surface area contributed by atoms with Gasteiger partial charge in [0.25, 0.3) is 5.91 Å². The minimum atomic E-state index is -0.0887. The molecule has 0 fully saturated rings. The summed E-state index contributed by atoms with van der Waals surface area (Å²) < 4.78 is 0. The molecule has 18 heavy (non-hydrogen) atoms. The molecule has 0 radical (unpaired) electrons. The van der Waals surface area contributed by atoms with E-state index >= 15 is 0 Å². The van der Waals surface area contributed by atoms with Gasteiger partial charge in [-0.3, -0.25) is 4.79 Å². The van der Waals surface area contributed by atoms with E-state index < -0.39 is 0 Å². The zero-order chi connectivity index (χ0) is 13.9. The third-order valence-electron chi connectivity index (χ3n) is 3.51. The van der Waals surface area contributed by atoms with Crippen molar-refractivity contribution >= 4 is 5.91 Å². The van der Waals surface area contributed by atoms with Crippen molar-refractivity contribution in [3.05, 3.63) is 29.3 Å². The van der Waals surface area contributed by atoms with Crippen LogP contribution in [0.15, 0.2) is 18.2 Å². The van der Waals surface area contributed by atoms with Crippen LogP contribution in [0, 0.1) is 18.3 Å².